The molecule has 2 nitrogen and oxygen atoms in total. The summed E-state index contributed by atoms with van der Waals surface area (Å²) in [5.74, 6) is -0.0975. The Morgan fingerprint density at radius 3 is 1.89 bits per heavy atom. The molecule has 3 rings (SSSR count). The van der Waals surface area contributed by atoms with Gasteiger partial charge >= 0.3 is 0 Å². The smallest absolute Gasteiger partial charge is 0.223 e. The van der Waals surface area contributed by atoms with Gasteiger partial charge < -0.3 is 4.90 Å². The van der Waals surface area contributed by atoms with Crippen LogP contribution in [0.15, 0.2) is 84.9 Å². The third-order valence-electron chi connectivity index (χ3n) is 4.86. The molecule has 0 N–H and O–H groups in total. The summed E-state index contributed by atoms with van der Waals surface area (Å²) in [5.41, 5.74) is 3.31. The Balaban J connectivity index is 1.67. The summed E-state index contributed by atoms with van der Waals surface area (Å²) in [7, 11) is 1.83. The third kappa shape index (κ3) is 5.27. The first-order valence-corrected chi connectivity index (χ1v) is 9.22. The molecule has 3 aromatic rings. The van der Waals surface area contributed by atoms with Gasteiger partial charge in [-0.1, -0.05) is 72.8 Å². The molecule has 0 aliphatic carbocycles. The van der Waals surface area contributed by atoms with E-state index in [0.29, 0.717) is 19.4 Å². The Kier molecular flexibility index (Phi) is 6.37. The van der Waals surface area contributed by atoms with Crippen LogP contribution in [0.2, 0.25) is 0 Å². The molecule has 1 amide bonds. The normalized spacial score (nSPS) is 10.8. The Labute approximate surface area is 160 Å². The number of carbonyl (C=O) groups is 1. The SMILES string of the molecule is CN(CCc1ccc(F)cc1)C(=O)CC(c1ccccc1)c1ccccc1. The van der Waals surface area contributed by atoms with E-state index in [9.17, 15) is 9.18 Å². The second-order valence-corrected chi connectivity index (χ2v) is 6.77. The summed E-state index contributed by atoms with van der Waals surface area (Å²) < 4.78 is 13.0. The molecule has 27 heavy (non-hydrogen) atoms. The van der Waals surface area contributed by atoms with Gasteiger partial charge in [-0.3, -0.25) is 4.79 Å². The highest BCUT2D eigenvalue weighted by atomic mass is 19.1. The molecular formula is C24H24FNO. The minimum absolute atomic E-state index is 0.0353. The lowest BCUT2D eigenvalue weighted by molar-refractivity contribution is -0.130. The summed E-state index contributed by atoms with van der Waals surface area (Å²) >= 11 is 0. The second-order valence-electron chi connectivity index (χ2n) is 6.77. The number of benzene rings is 3. The van der Waals surface area contributed by atoms with E-state index in [-0.39, 0.29) is 17.6 Å². The quantitative estimate of drug-likeness (QED) is 0.577. The first-order valence-electron chi connectivity index (χ1n) is 9.22. The number of amides is 1. The van der Waals surface area contributed by atoms with Crippen LogP contribution in [0, 0.1) is 5.82 Å². The van der Waals surface area contributed by atoms with Crippen molar-refractivity contribution in [2.75, 3.05) is 13.6 Å². The van der Waals surface area contributed by atoms with E-state index >= 15 is 0 Å². The molecule has 0 aliphatic heterocycles. The van der Waals surface area contributed by atoms with Gasteiger partial charge in [-0.05, 0) is 35.2 Å². The zero-order chi connectivity index (χ0) is 19.1. The average molecular weight is 361 g/mol. The van der Waals surface area contributed by atoms with E-state index in [0.717, 1.165) is 16.7 Å². The van der Waals surface area contributed by atoms with Gasteiger partial charge in [-0.2, -0.15) is 0 Å². The van der Waals surface area contributed by atoms with Crippen LogP contribution in [-0.2, 0) is 11.2 Å². The van der Waals surface area contributed by atoms with Crippen molar-refractivity contribution < 1.29 is 9.18 Å². The molecule has 0 unspecified atom stereocenters. The van der Waals surface area contributed by atoms with Crippen molar-refractivity contribution in [2.24, 2.45) is 0 Å². The fraction of sp³-hybridized carbons (Fsp3) is 0.208. The summed E-state index contributed by atoms with van der Waals surface area (Å²) in [6, 6.07) is 26.7. The number of carbonyl (C=O) groups excluding carboxylic acids is 1. The molecule has 0 spiro atoms. The lowest BCUT2D eigenvalue weighted by atomic mass is 9.88. The van der Waals surface area contributed by atoms with E-state index in [4.69, 9.17) is 0 Å². The van der Waals surface area contributed by atoms with Crippen LogP contribution in [0.5, 0.6) is 0 Å². The van der Waals surface area contributed by atoms with E-state index in [2.05, 4.69) is 24.3 Å². The predicted octanol–water partition coefficient (Wildman–Crippen LogP) is 5.05. The van der Waals surface area contributed by atoms with Crippen LogP contribution in [0.1, 0.15) is 29.0 Å². The lowest BCUT2D eigenvalue weighted by Crippen LogP contribution is -2.30. The zero-order valence-electron chi connectivity index (χ0n) is 15.5. The Morgan fingerprint density at radius 1 is 0.852 bits per heavy atom. The summed E-state index contributed by atoms with van der Waals surface area (Å²) in [4.78, 5) is 14.6. The predicted molar refractivity (Wildman–Crippen MR) is 107 cm³/mol. The maximum Gasteiger partial charge on any atom is 0.223 e. The van der Waals surface area contributed by atoms with Gasteiger partial charge in [-0.15, -0.1) is 0 Å². The number of halogens is 1. The minimum Gasteiger partial charge on any atom is -0.345 e. The highest BCUT2D eigenvalue weighted by molar-refractivity contribution is 5.77. The number of hydrogen-bond donors (Lipinski definition) is 0. The molecule has 0 radical (unpaired) electrons. The topological polar surface area (TPSA) is 20.3 Å². The van der Waals surface area contributed by atoms with Crippen molar-refractivity contribution in [1.29, 1.82) is 0 Å². The minimum atomic E-state index is -0.239. The van der Waals surface area contributed by atoms with Crippen LogP contribution in [0.3, 0.4) is 0 Å². The van der Waals surface area contributed by atoms with Gasteiger partial charge in [0.15, 0.2) is 0 Å². The number of rotatable bonds is 7. The van der Waals surface area contributed by atoms with E-state index in [1.54, 1.807) is 17.0 Å². The molecule has 0 saturated heterocycles. The summed E-state index contributed by atoms with van der Waals surface area (Å²) in [6.07, 6.45) is 1.14. The van der Waals surface area contributed by atoms with Crippen molar-refractivity contribution in [3.63, 3.8) is 0 Å². The lowest BCUT2D eigenvalue weighted by Gasteiger charge is -2.22. The van der Waals surface area contributed by atoms with Crippen molar-refractivity contribution in [1.82, 2.24) is 4.90 Å². The van der Waals surface area contributed by atoms with E-state index in [1.807, 2.05) is 43.4 Å². The molecule has 3 aromatic carbocycles. The van der Waals surface area contributed by atoms with Gasteiger partial charge in [0, 0.05) is 25.9 Å². The largest absolute Gasteiger partial charge is 0.345 e. The second kappa shape index (κ2) is 9.13. The van der Waals surface area contributed by atoms with Crippen molar-refractivity contribution in [3.05, 3.63) is 107 Å². The third-order valence-corrected chi connectivity index (χ3v) is 4.86. The maximum absolute atomic E-state index is 13.0. The van der Waals surface area contributed by atoms with Crippen LogP contribution in [-0.4, -0.2) is 24.4 Å². The van der Waals surface area contributed by atoms with Gasteiger partial charge in [0.25, 0.3) is 0 Å². The van der Waals surface area contributed by atoms with Gasteiger partial charge in [0.05, 0.1) is 0 Å². The van der Waals surface area contributed by atoms with E-state index < -0.39 is 0 Å². The van der Waals surface area contributed by atoms with Crippen molar-refractivity contribution in [3.8, 4) is 0 Å². The van der Waals surface area contributed by atoms with Crippen molar-refractivity contribution >= 4 is 5.91 Å². The molecule has 0 heterocycles. The van der Waals surface area contributed by atoms with Crippen LogP contribution >= 0.6 is 0 Å². The summed E-state index contributed by atoms with van der Waals surface area (Å²) in [6.45, 7) is 0.612. The molecule has 3 heteroatoms. The molecule has 0 atom stereocenters. The highest BCUT2D eigenvalue weighted by Crippen LogP contribution is 2.28. The molecule has 138 valence electrons. The fourth-order valence-electron chi connectivity index (χ4n) is 3.20. The summed E-state index contributed by atoms with van der Waals surface area (Å²) in [5, 5.41) is 0. The maximum atomic E-state index is 13.0. The molecular weight excluding hydrogens is 337 g/mol. The number of hydrogen-bond acceptors (Lipinski definition) is 1. The molecule has 0 aromatic heterocycles. The van der Waals surface area contributed by atoms with Crippen LogP contribution in [0.4, 0.5) is 4.39 Å². The van der Waals surface area contributed by atoms with Gasteiger partial charge in [0.2, 0.25) is 5.91 Å². The first kappa shape index (κ1) is 18.8. The number of nitrogens with zero attached hydrogens (tertiary/aromatic N) is 1. The monoisotopic (exact) mass is 361 g/mol. The Bertz CT molecular complexity index is 807. The Hall–Kier alpha value is -2.94. The number of likely N-dealkylation sites (N-methyl/N-ethyl adjacent to an activating group) is 1. The fourth-order valence-corrected chi connectivity index (χ4v) is 3.20. The van der Waals surface area contributed by atoms with Gasteiger partial charge in [-0.25, -0.2) is 4.39 Å². The van der Waals surface area contributed by atoms with Gasteiger partial charge in [0.1, 0.15) is 5.82 Å². The highest BCUT2D eigenvalue weighted by Gasteiger charge is 2.20. The van der Waals surface area contributed by atoms with Crippen molar-refractivity contribution in [2.45, 2.75) is 18.8 Å². The zero-order valence-corrected chi connectivity index (χ0v) is 15.5. The first-order chi connectivity index (χ1) is 13.1. The Morgan fingerprint density at radius 2 is 1.37 bits per heavy atom. The average Bonchev–Trinajstić information content (AvgIpc) is 2.72. The van der Waals surface area contributed by atoms with Crippen LogP contribution < -0.4 is 0 Å². The van der Waals surface area contributed by atoms with Crippen LogP contribution in [0.25, 0.3) is 0 Å². The molecule has 0 saturated carbocycles. The standard InChI is InChI=1S/C24H24FNO/c1-26(17-16-19-12-14-22(25)15-13-19)24(27)18-23(20-8-4-2-5-9-20)21-10-6-3-7-11-21/h2-15,23H,16-18H2,1H3. The van der Waals surface area contributed by atoms with E-state index in [1.165, 1.54) is 12.1 Å². The molecule has 0 fully saturated rings. The molecule has 0 aliphatic rings. The molecule has 0 bridgehead atoms.